The fraction of sp³-hybridized carbons (Fsp3) is 0.333. The SMILES string of the molecule is CCCSNc1ccc(F)c(C(=O)c2ccc3[nH]c4ncc([B]OC(C)(C)C(C)(C)O)cc4c3c2)c1F. The Morgan fingerprint density at radius 2 is 1.92 bits per heavy atom. The van der Waals surface area contributed by atoms with E-state index >= 15 is 4.39 Å². The minimum absolute atomic E-state index is 0.0646. The van der Waals surface area contributed by atoms with Crippen LogP contribution in [0.15, 0.2) is 42.6 Å². The number of hydrogen-bond acceptors (Lipinski definition) is 6. The lowest BCUT2D eigenvalue weighted by atomic mass is 9.83. The highest BCUT2D eigenvalue weighted by molar-refractivity contribution is 8.00. The first-order valence-electron chi connectivity index (χ1n) is 12.0. The number of rotatable bonds is 10. The number of aromatic amines is 1. The van der Waals surface area contributed by atoms with E-state index in [-0.39, 0.29) is 11.3 Å². The molecule has 0 fully saturated rings. The van der Waals surface area contributed by atoms with E-state index in [9.17, 15) is 14.3 Å². The number of carbonyl (C=O) groups is 1. The summed E-state index contributed by atoms with van der Waals surface area (Å²) in [5, 5.41) is 11.7. The summed E-state index contributed by atoms with van der Waals surface area (Å²) in [6.07, 6.45) is 2.51. The number of carbonyl (C=O) groups excluding carboxylic acids is 1. The van der Waals surface area contributed by atoms with Crippen molar-refractivity contribution in [3.63, 3.8) is 0 Å². The van der Waals surface area contributed by atoms with E-state index in [2.05, 4.69) is 14.7 Å². The standard InChI is InChI=1S/C27H29BF2N3O3S/c1-6-11-37-33-21-10-8-19(29)22(23(21)30)24(34)15-7-9-20-17(12-15)18-13-16(14-31-25(18)32-20)28-36-27(4,5)26(2,3)35/h7-10,12-14,33,35H,6,11H2,1-5H3,(H,31,32). The Bertz CT molecular complexity index is 1470. The highest BCUT2D eigenvalue weighted by atomic mass is 32.2. The smallest absolute Gasteiger partial charge is 0.332 e. The molecule has 0 spiro atoms. The molecule has 4 rings (SSSR count). The summed E-state index contributed by atoms with van der Waals surface area (Å²) in [4.78, 5) is 20.9. The summed E-state index contributed by atoms with van der Waals surface area (Å²) in [5.74, 6) is -1.85. The van der Waals surface area contributed by atoms with Crippen molar-refractivity contribution in [3.05, 3.63) is 65.4 Å². The first-order valence-corrected chi connectivity index (χ1v) is 13.0. The fourth-order valence-electron chi connectivity index (χ4n) is 3.57. The molecule has 3 N–H and O–H groups in total. The van der Waals surface area contributed by atoms with Crippen molar-refractivity contribution in [2.75, 3.05) is 10.5 Å². The molecular weight excluding hydrogens is 495 g/mol. The maximum Gasteiger partial charge on any atom is 0.332 e. The number of ketones is 1. The zero-order valence-electron chi connectivity index (χ0n) is 21.4. The van der Waals surface area contributed by atoms with Gasteiger partial charge in [-0.05, 0) is 69.9 Å². The van der Waals surface area contributed by atoms with Crippen molar-refractivity contribution in [1.82, 2.24) is 9.97 Å². The molecule has 2 aromatic carbocycles. The number of hydrogen-bond donors (Lipinski definition) is 3. The van der Waals surface area contributed by atoms with E-state index in [4.69, 9.17) is 4.65 Å². The van der Waals surface area contributed by atoms with Gasteiger partial charge >= 0.3 is 7.48 Å². The Kier molecular flexibility index (Phi) is 7.64. The zero-order valence-corrected chi connectivity index (χ0v) is 22.2. The average molecular weight is 524 g/mol. The van der Waals surface area contributed by atoms with Crippen LogP contribution in [-0.4, -0.2) is 45.3 Å². The Morgan fingerprint density at radius 3 is 2.62 bits per heavy atom. The number of halogens is 2. The Morgan fingerprint density at radius 1 is 1.16 bits per heavy atom. The summed E-state index contributed by atoms with van der Waals surface area (Å²) in [6.45, 7) is 8.89. The second kappa shape index (κ2) is 10.4. The quantitative estimate of drug-likeness (QED) is 0.110. The molecule has 10 heteroatoms. The molecule has 0 bridgehead atoms. The summed E-state index contributed by atoms with van der Waals surface area (Å²) in [6, 6.07) is 9.05. The number of pyridine rings is 1. The normalized spacial score (nSPS) is 12.3. The van der Waals surface area contributed by atoms with Crippen LogP contribution in [0.1, 0.15) is 57.0 Å². The molecule has 0 unspecified atom stereocenters. The third kappa shape index (κ3) is 5.51. The van der Waals surface area contributed by atoms with Gasteiger partial charge in [0.2, 0.25) is 0 Å². The van der Waals surface area contributed by atoms with Crippen LogP contribution in [0.2, 0.25) is 0 Å². The van der Waals surface area contributed by atoms with Crippen LogP contribution in [0.3, 0.4) is 0 Å². The molecule has 2 heterocycles. The van der Waals surface area contributed by atoms with Crippen molar-refractivity contribution in [1.29, 1.82) is 0 Å². The summed E-state index contributed by atoms with van der Waals surface area (Å²) in [7, 11) is 1.53. The van der Waals surface area contributed by atoms with Gasteiger partial charge in [0.15, 0.2) is 11.6 Å². The van der Waals surface area contributed by atoms with E-state index in [0.717, 1.165) is 29.1 Å². The van der Waals surface area contributed by atoms with Crippen molar-refractivity contribution < 1.29 is 23.3 Å². The molecule has 0 atom stereocenters. The van der Waals surface area contributed by atoms with Crippen molar-refractivity contribution in [2.45, 2.75) is 52.2 Å². The zero-order chi connectivity index (χ0) is 27.0. The van der Waals surface area contributed by atoms with Gasteiger partial charge in [-0.25, -0.2) is 13.8 Å². The number of nitrogens with one attached hydrogen (secondary N) is 2. The van der Waals surface area contributed by atoms with Gasteiger partial charge in [-0.15, -0.1) is 0 Å². The van der Waals surface area contributed by atoms with Crippen LogP contribution in [0.25, 0.3) is 21.9 Å². The van der Waals surface area contributed by atoms with E-state index in [0.29, 0.717) is 16.5 Å². The maximum absolute atomic E-state index is 15.1. The molecule has 0 aliphatic rings. The minimum atomic E-state index is -1.08. The van der Waals surface area contributed by atoms with E-state index in [1.807, 2.05) is 13.0 Å². The Hall–Kier alpha value is -2.95. The van der Waals surface area contributed by atoms with Crippen LogP contribution in [0, 0.1) is 11.6 Å². The molecule has 4 aromatic rings. The highest BCUT2D eigenvalue weighted by Crippen LogP contribution is 2.29. The van der Waals surface area contributed by atoms with Crippen LogP contribution in [0.5, 0.6) is 0 Å². The topological polar surface area (TPSA) is 87.2 Å². The summed E-state index contributed by atoms with van der Waals surface area (Å²) in [5.41, 5.74) is -0.347. The largest absolute Gasteiger partial charge is 0.427 e. The van der Waals surface area contributed by atoms with Crippen LogP contribution in [0.4, 0.5) is 14.5 Å². The van der Waals surface area contributed by atoms with Gasteiger partial charge in [-0.3, -0.25) is 4.79 Å². The molecule has 37 heavy (non-hydrogen) atoms. The van der Waals surface area contributed by atoms with Crippen molar-refractivity contribution >= 4 is 58.3 Å². The number of aromatic nitrogens is 2. The van der Waals surface area contributed by atoms with E-state index < -0.39 is 34.2 Å². The number of H-pyrrole nitrogens is 1. The summed E-state index contributed by atoms with van der Waals surface area (Å²) >= 11 is 1.29. The molecule has 2 aromatic heterocycles. The molecule has 193 valence electrons. The monoisotopic (exact) mass is 524 g/mol. The second-order valence-corrected chi connectivity index (χ2v) is 10.8. The predicted molar refractivity (Wildman–Crippen MR) is 147 cm³/mol. The van der Waals surface area contributed by atoms with Crippen LogP contribution < -0.4 is 10.2 Å². The number of anilines is 1. The number of nitrogens with zero attached hydrogens (tertiary/aromatic N) is 1. The van der Waals surface area contributed by atoms with Gasteiger partial charge in [0.25, 0.3) is 0 Å². The van der Waals surface area contributed by atoms with Gasteiger partial charge in [0, 0.05) is 33.8 Å². The lowest BCUT2D eigenvalue weighted by Gasteiger charge is -2.37. The lowest BCUT2D eigenvalue weighted by molar-refractivity contribution is -0.0893. The van der Waals surface area contributed by atoms with Gasteiger partial charge in [-0.2, -0.15) is 0 Å². The number of aliphatic hydroxyl groups is 1. The summed E-state index contributed by atoms with van der Waals surface area (Å²) < 4.78 is 38.5. The first kappa shape index (κ1) is 27.1. The molecule has 0 saturated carbocycles. The molecule has 6 nitrogen and oxygen atoms in total. The van der Waals surface area contributed by atoms with Gasteiger partial charge in [0.1, 0.15) is 11.5 Å². The van der Waals surface area contributed by atoms with Gasteiger partial charge in [-0.1, -0.05) is 24.9 Å². The molecule has 0 saturated heterocycles. The Balaban J connectivity index is 1.68. The molecule has 0 amide bonds. The fourth-order valence-corrected chi connectivity index (χ4v) is 4.19. The van der Waals surface area contributed by atoms with Crippen LogP contribution in [-0.2, 0) is 4.65 Å². The number of benzene rings is 2. The molecular formula is C27H29BF2N3O3S. The minimum Gasteiger partial charge on any atom is -0.427 e. The van der Waals surface area contributed by atoms with Crippen molar-refractivity contribution in [2.24, 2.45) is 0 Å². The second-order valence-electron chi connectivity index (χ2n) is 9.92. The average Bonchev–Trinajstić information content (AvgIpc) is 3.20. The number of fused-ring (bicyclic) bond motifs is 3. The third-order valence-corrected chi connectivity index (χ3v) is 7.48. The molecule has 0 aliphatic heterocycles. The molecule has 1 radical (unpaired) electrons. The highest BCUT2D eigenvalue weighted by Gasteiger charge is 2.35. The van der Waals surface area contributed by atoms with Crippen LogP contribution >= 0.6 is 11.9 Å². The lowest BCUT2D eigenvalue weighted by Crippen LogP contribution is -2.49. The maximum atomic E-state index is 15.1. The Labute approximate surface area is 219 Å². The van der Waals surface area contributed by atoms with Crippen molar-refractivity contribution in [3.8, 4) is 0 Å². The van der Waals surface area contributed by atoms with E-state index in [1.54, 1.807) is 46.0 Å². The first-order chi connectivity index (χ1) is 17.4. The predicted octanol–water partition coefficient (Wildman–Crippen LogP) is 5.51. The third-order valence-electron chi connectivity index (χ3n) is 6.50. The van der Waals surface area contributed by atoms with Gasteiger partial charge < -0.3 is 19.5 Å². The van der Waals surface area contributed by atoms with E-state index in [1.165, 1.54) is 31.6 Å². The molecule has 0 aliphatic carbocycles. The van der Waals surface area contributed by atoms with Gasteiger partial charge in [0.05, 0.1) is 22.5 Å².